The van der Waals surface area contributed by atoms with Crippen molar-refractivity contribution in [2.24, 2.45) is 17.8 Å². The average Bonchev–Trinajstić information content (AvgIpc) is 3.06. The zero-order chi connectivity index (χ0) is 14.3. The van der Waals surface area contributed by atoms with Gasteiger partial charge in [0.1, 0.15) is 5.92 Å². The molecule has 1 aliphatic carbocycles. The summed E-state index contributed by atoms with van der Waals surface area (Å²) in [6.45, 7) is 1.60. The highest BCUT2D eigenvalue weighted by Gasteiger charge is 2.44. The van der Waals surface area contributed by atoms with Crippen molar-refractivity contribution in [3.05, 3.63) is 0 Å². The van der Waals surface area contributed by atoms with E-state index in [0.717, 1.165) is 12.8 Å². The first-order valence-corrected chi connectivity index (χ1v) is 7.10. The van der Waals surface area contributed by atoms with E-state index in [1.54, 1.807) is 4.90 Å². The van der Waals surface area contributed by atoms with E-state index in [9.17, 15) is 14.7 Å². The highest BCUT2D eigenvalue weighted by atomic mass is 16.5. The monoisotopic (exact) mass is 284 g/mol. The minimum Gasteiger partial charge on any atom is -0.481 e. The predicted molar refractivity (Wildman–Crippen MR) is 68.1 cm³/mol. The van der Waals surface area contributed by atoms with E-state index in [1.807, 2.05) is 0 Å². The summed E-state index contributed by atoms with van der Waals surface area (Å²) < 4.78 is 5.13. The molecule has 5 atom stereocenters. The Morgan fingerprint density at radius 3 is 2.70 bits per heavy atom. The molecule has 7 heteroatoms. The zero-order valence-electron chi connectivity index (χ0n) is 11.2. The number of aliphatic hydroxyl groups excluding tert-OH is 1. The smallest absolute Gasteiger partial charge is 0.317 e. The van der Waals surface area contributed by atoms with Crippen LogP contribution in [0.1, 0.15) is 12.8 Å². The van der Waals surface area contributed by atoms with Gasteiger partial charge in [-0.1, -0.05) is 0 Å². The number of hydrogen-bond acceptors (Lipinski definition) is 4. The maximum Gasteiger partial charge on any atom is 0.317 e. The molecule has 0 aromatic heterocycles. The number of aliphatic hydroxyl groups is 1. The van der Waals surface area contributed by atoms with Crippen LogP contribution in [0.2, 0.25) is 0 Å². The number of hydrogen-bond donors (Lipinski definition) is 3. The molecule has 1 saturated carbocycles. The van der Waals surface area contributed by atoms with Crippen LogP contribution in [0.3, 0.4) is 0 Å². The molecule has 7 nitrogen and oxygen atoms in total. The van der Waals surface area contributed by atoms with Gasteiger partial charge in [0, 0.05) is 19.0 Å². The molecule has 2 aliphatic heterocycles. The fraction of sp³-hybridized carbons (Fsp3) is 0.846. The van der Waals surface area contributed by atoms with Crippen LogP contribution in [0.4, 0.5) is 4.79 Å². The lowest BCUT2D eigenvalue weighted by Gasteiger charge is -2.23. The molecule has 0 radical (unpaired) electrons. The molecular formula is C13H20N2O5. The van der Waals surface area contributed by atoms with Gasteiger partial charge in [0.15, 0.2) is 0 Å². The number of fused-ring (bicyclic) bond motifs is 1. The van der Waals surface area contributed by atoms with Crippen LogP contribution in [0.5, 0.6) is 0 Å². The Bertz CT molecular complexity index is 416. The first kappa shape index (κ1) is 13.6. The number of carbonyl (C=O) groups is 2. The lowest BCUT2D eigenvalue weighted by Crippen LogP contribution is -2.48. The normalized spacial score (nSPS) is 39.9. The SMILES string of the molecule is O=C(O)C1COCC1NC(=O)N1CC2CCC(O)C2C1. The van der Waals surface area contributed by atoms with Crippen LogP contribution >= 0.6 is 0 Å². The summed E-state index contributed by atoms with van der Waals surface area (Å²) in [4.78, 5) is 24.9. The number of carbonyl (C=O) groups excluding carboxylic acids is 1. The fourth-order valence-corrected chi connectivity index (χ4v) is 3.59. The van der Waals surface area contributed by atoms with E-state index in [0.29, 0.717) is 19.0 Å². The number of rotatable bonds is 2. The van der Waals surface area contributed by atoms with Crippen LogP contribution in [-0.4, -0.2) is 65.6 Å². The van der Waals surface area contributed by atoms with E-state index in [2.05, 4.69) is 5.32 Å². The molecule has 0 aromatic carbocycles. The number of nitrogens with one attached hydrogen (secondary N) is 1. The summed E-state index contributed by atoms with van der Waals surface area (Å²) in [5, 5.41) is 21.6. The Morgan fingerprint density at radius 2 is 2.00 bits per heavy atom. The number of urea groups is 1. The van der Waals surface area contributed by atoms with Crippen molar-refractivity contribution in [1.82, 2.24) is 10.2 Å². The Balaban J connectivity index is 1.56. The van der Waals surface area contributed by atoms with Gasteiger partial charge >= 0.3 is 12.0 Å². The minimum atomic E-state index is -0.943. The van der Waals surface area contributed by atoms with E-state index in [4.69, 9.17) is 9.84 Å². The number of likely N-dealkylation sites (tertiary alicyclic amines) is 1. The van der Waals surface area contributed by atoms with E-state index in [1.165, 1.54) is 0 Å². The Hall–Kier alpha value is -1.34. The minimum absolute atomic E-state index is 0.143. The number of aliphatic carboxylic acids is 1. The van der Waals surface area contributed by atoms with Gasteiger partial charge < -0.3 is 25.2 Å². The van der Waals surface area contributed by atoms with E-state index < -0.39 is 17.9 Å². The van der Waals surface area contributed by atoms with Crippen LogP contribution in [0.15, 0.2) is 0 Å². The number of amides is 2. The quantitative estimate of drug-likeness (QED) is 0.635. The molecule has 2 saturated heterocycles. The molecular weight excluding hydrogens is 264 g/mol. The predicted octanol–water partition coefficient (Wildman–Crippen LogP) is -0.502. The van der Waals surface area contributed by atoms with Gasteiger partial charge in [-0.2, -0.15) is 0 Å². The molecule has 20 heavy (non-hydrogen) atoms. The van der Waals surface area contributed by atoms with Gasteiger partial charge in [-0.3, -0.25) is 4.79 Å². The molecule has 3 aliphatic rings. The highest BCUT2D eigenvalue weighted by molar-refractivity contribution is 5.77. The van der Waals surface area contributed by atoms with E-state index >= 15 is 0 Å². The van der Waals surface area contributed by atoms with Crippen molar-refractivity contribution >= 4 is 12.0 Å². The van der Waals surface area contributed by atoms with Crippen LogP contribution in [0.25, 0.3) is 0 Å². The van der Waals surface area contributed by atoms with Crippen LogP contribution in [-0.2, 0) is 9.53 Å². The zero-order valence-corrected chi connectivity index (χ0v) is 11.2. The highest BCUT2D eigenvalue weighted by Crippen LogP contribution is 2.38. The lowest BCUT2D eigenvalue weighted by molar-refractivity contribution is -0.142. The summed E-state index contributed by atoms with van der Waals surface area (Å²) in [6.07, 6.45) is 1.47. The van der Waals surface area contributed by atoms with Crippen molar-refractivity contribution in [2.75, 3.05) is 26.3 Å². The van der Waals surface area contributed by atoms with Crippen LogP contribution < -0.4 is 5.32 Å². The van der Waals surface area contributed by atoms with Gasteiger partial charge in [0.25, 0.3) is 0 Å². The largest absolute Gasteiger partial charge is 0.481 e. The number of ether oxygens (including phenoxy) is 1. The maximum absolute atomic E-state index is 12.2. The van der Waals surface area contributed by atoms with Crippen molar-refractivity contribution < 1.29 is 24.5 Å². The first-order valence-electron chi connectivity index (χ1n) is 7.10. The molecule has 112 valence electrons. The number of nitrogens with zero attached hydrogens (tertiary/aromatic N) is 1. The summed E-state index contributed by atoms with van der Waals surface area (Å²) in [7, 11) is 0. The lowest BCUT2D eigenvalue weighted by atomic mass is 10.00. The summed E-state index contributed by atoms with van der Waals surface area (Å²) in [6, 6.07) is -0.710. The van der Waals surface area contributed by atoms with E-state index in [-0.39, 0.29) is 31.3 Å². The molecule has 0 aromatic rings. The Labute approximate surface area is 116 Å². The van der Waals surface area contributed by atoms with Gasteiger partial charge in [0.2, 0.25) is 0 Å². The summed E-state index contributed by atoms with van der Waals surface area (Å²) >= 11 is 0. The number of carboxylic acid groups (broad SMARTS) is 1. The third kappa shape index (κ3) is 2.35. The van der Waals surface area contributed by atoms with Gasteiger partial charge in [-0.15, -0.1) is 0 Å². The van der Waals surface area contributed by atoms with Crippen molar-refractivity contribution in [1.29, 1.82) is 0 Å². The second kappa shape index (κ2) is 5.21. The fourth-order valence-electron chi connectivity index (χ4n) is 3.59. The van der Waals surface area contributed by atoms with Crippen molar-refractivity contribution in [3.63, 3.8) is 0 Å². The third-order valence-electron chi connectivity index (χ3n) is 4.81. The molecule has 2 heterocycles. The molecule has 3 rings (SSSR count). The summed E-state index contributed by atoms with van der Waals surface area (Å²) in [5.74, 6) is -1.06. The van der Waals surface area contributed by atoms with Crippen molar-refractivity contribution in [3.8, 4) is 0 Å². The average molecular weight is 284 g/mol. The van der Waals surface area contributed by atoms with Gasteiger partial charge in [-0.05, 0) is 18.8 Å². The van der Waals surface area contributed by atoms with Gasteiger partial charge in [-0.25, -0.2) is 4.79 Å². The molecule has 3 fully saturated rings. The molecule has 0 bridgehead atoms. The van der Waals surface area contributed by atoms with Crippen LogP contribution in [0, 0.1) is 17.8 Å². The Morgan fingerprint density at radius 1 is 1.20 bits per heavy atom. The van der Waals surface area contributed by atoms with Gasteiger partial charge in [0.05, 0.1) is 25.4 Å². The second-order valence-corrected chi connectivity index (χ2v) is 6.01. The first-order chi connectivity index (χ1) is 9.56. The summed E-state index contributed by atoms with van der Waals surface area (Å²) in [5.41, 5.74) is 0. The topological polar surface area (TPSA) is 99.1 Å². The second-order valence-electron chi connectivity index (χ2n) is 6.01. The van der Waals surface area contributed by atoms with Crippen molar-refractivity contribution in [2.45, 2.75) is 25.0 Å². The third-order valence-corrected chi connectivity index (χ3v) is 4.81. The molecule has 5 unspecified atom stereocenters. The Kier molecular flexibility index (Phi) is 3.55. The molecule has 2 amide bonds. The molecule has 0 spiro atoms. The standard InChI is InChI=1S/C13H20N2O5/c16-11-2-1-7-3-15(4-8(7)11)13(19)14-10-6-20-5-9(10)12(17)18/h7-11,16H,1-6H2,(H,14,19)(H,17,18). The number of carboxylic acids is 1. The maximum atomic E-state index is 12.2. The molecule has 3 N–H and O–H groups in total.